The van der Waals surface area contributed by atoms with Crippen LogP contribution in [0.25, 0.3) is 0 Å². The average molecular weight is 381 g/mol. The van der Waals surface area contributed by atoms with Gasteiger partial charge >= 0.3 is 0 Å². The van der Waals surface area contributed by atoms with E-state index < -0.39 is 27.3 Å². The van der Waals surface area contributed by atoms with E-state index in [0.717, 1.165) is 18.3 Å². The molecule has 0 aliphatic carbocycles. The monoisotopic (exact) mass is 380 g/mol. The van der Waals surface area contributed by atoms with Crippen LogP contribution in [0.15, 0.2) is 33.9 Å². The quantitative estimate of drug-likeness (QED) is 0.772. The average Bonchev–Trinajstić information content (AvgIpc) is 2.86. The summed E-state index contributed by atoms with van der Waals surface area (Å²) < 4.78 is 54.4. The SMILES string of the molecule is NCCn1cc(S(=O)(=O)Nc2cc(F)c(Br)cc2F)cn1. The van der Waals surface area contributed by atoms with Gasteiger partial charge in [0.1, 0.15) is 16.5 Å². The first-order chi connectivity index (χ1) is 9.83. The molecule has 10 heteroatoms. The van der Waals surface area contributed by atoms with E-state index in [9.17, 15) is 17.2 Å². The molecule has 0 aliphatic heterocycles. The van der Waals surface area contributed by atoms with Gasteiger partial charge in [0.05, 0.1) is 22.9 Å². The van der Waals surface area contributed by atoms with Crippen molar-refractivity contribution in [3.05, 3.63) is 40.6 Å². The standard InChI is InChI=1S/C11H11BrF2N4O2S/c12-8-3-10(14)11(4-9(8)13)17-21(19,20)7-5-16-18(6-7)2-1-15/h3-6,17H,1-2,15H2. The lowest BCUT2D eigenvalue weighted by molar-refractivity contribution is 0.591. The van der Waals surface area contributed by atoms with E-state index in [0.29, 0.717) is 13.1 Å². The normalized spacial score (nSPS) is 11.6. The second-order valence-electron chi connectivity index (χ2n) is 4.08. The number of aromatic nitrogens is 2. The topological polar surface area (TPSA) is 90.0 Å². The summed E-state index contributed by atoms with van der Waals surface area (Å²) in [6.07, 6.45) is 2.35. The van der Waals surface area contributed by atoms with Gasteiger partial charge < -0.3 is 5.73 Å². The highest BCUT2D eigenvalue weighted by Crippen LogP contribution is 2.25. The van der Waals surface area contributed by atoms with Crippen LogP contribution in [-0.2, 0) is 16.6 Å². The van der Waals surface area contributed by atoms with Gasteiger partial charge in [-0.25, -0.2) is 17.2 Å². The van der Waals surface area contributed by atoms with E-state index in [1.165, 1.54) is 10.9 Å². The van der Waals surface area contributed by atoms with E-state index in [2.05, 4.69) is 21.0 Å². The Hall–Kier alpha value is -1.52. The van der Waals surface area contributed by atoms with Crippen molar-refractivity contribution in [3.63, 3.8) is 0 Å². The highest BCUT2D eigenvalue weighted by Gasteiger charge is 2.19. The minimum atomic E-state index is -4.06. The number of halogens is 3. The lowest BCUT2D eigenvalue weighted by Crippen LogP contribution is -2.14. The van der Waals surface area contributed by atoms with Crippen LogP contribution < -0.4 is 10.5 Å². The molecule has 1 heterocycles. The summed E-state index contributed by atoms with van der Waals surface area (Å²) in [5, 5.41) is 3.81. The number of anilines is 1. The predicted molar refractivity (Wildman–Crippen MR) is 76.1 cm³/mol. The summed E-state index contributed by atoms with van der Waals surface area (Å²) in [7, 11) is -4.06. The number of rotatable bonds is 5. The highest BCUT2D eigenvalue weighted by atomic mass is 79.9. The van der Waals surface area contributed by atoms with Crippen molar-refractivity contribution in [1.29, 1.82) is 0 Å². The summed E-state index contributed by atoms with van der Waals surface area (Å²) >= 11 is 2.81. The molecule has 0 aliphatic rings. The van der Waals surface area contributed by atoms with Crippen LogP contribution in [0.1, 0.15) is 0 Å². The first-order valence-corrected chi connectivity index (χ1v) is 8.01. The van der Waals surface area contributed by atoms with Crippen LogP contribution in [0.3, 0.4) is 0 Å². The van der Waals surface area contributed by atoms with Crippen LogP contribution in [0.4, 0.5) is 14.5 Å². The summed E-state index contributed by atoms with van der Waals surface area (Å²) in [5.41, 5.74) is 4.85. The number of hydrogen-bond donors (Lipinski definition) is 2. The first kappa shape index (κ1) is 15.9. The van der Waals surface area contributed by atoms with E-state index in [4.69, 9.17) is 5.73 Å². The lowest BCUT2D eigenvalue weighted by Gasteiger charge is -2.08. The molecule has 0 atom stereocenters. The van der Waals surface area contributed by atoms with Crippen molar-refractivity contribution < 1.29 is 17.2 Å². The van der Waals surface area contributed by atoms with Gasteiger partial charge in [0.15, 0.2) is 0 Å². The Balaban J connectivity index is 2.30. The van der Waals surface area contributed by atoms with Crippen LogP contribution in [-0.4, -0.2) is 24.7 Å². The molecule has 114 valence electrons. The maximum atomic E-state index is 13.6. The minimum absolute atomic E-state index is 0.0984. The van der Waals surface area contributed by atoms with Crippen LogP contribution >= 0.6 is 15.9 Å². The Bertz CT molecular complexity index is 764. The lowest BCUT2D eigenvalue weighted by atomic mass is 10.3. The second-order valence-corrected chi connectivity index (χ2v) is 6.62. The largest absolute Gasteiger partial charge is 0.329 e. The Labute approximate surface area is 128 Å². The smallest absolute Gasteiger partial charge is 0.265 e. The third-order valence-electron chi connectivity index (χ3n) is 2.53. The molecule has 3 N–H and O–H groups in total. The van der Waals surface area contributed by atoms with Gasteiger partial charge in [-0.15, -0.1) is 0 Å². The zero-order valence-electron chi connectivity index (χ0n) is 10.6. The van der Waals surface area contributed by atoms with Crippen LogP contribution in [0.2, 0.25) is 0 Å². The Morgan fingerprint density at radius 1 is 1.33 bits per heavy atom. The fourth-order valence-corrected chi connectivity index (χ4v) is 2.87. The number of nitrogens with two attached hydrogens (primary N) is 1. The summed E-state index contributed by atoms with van der Waals surface area (Å²) in [6.45, 7) is 0.637. The van der Waals surface area contributed by atoms with Gasteiger partial charge in [0.25, 0.3) is 10.0 Å². The molecular formula is C11H11BrF2N4O2S. The van der Waals surface area contributed by atoms with Crippen molar-refractivity contribution in [2.45, 2.75) is 11.4 Å². The molecule has 2 rings (SSSR count). The Kier molecular flexibility index (Phi) is 4.59. The molecule has 0 unspecified atom stereocenters. The highest BCUT2D eigenvalue weighted by molar-refractivity contribution is 9.10. The first-order valence-electron chi connectivity index (χ1n) is 5.73. The van der Waals surface area contributed by atoms with Crippen LogP contribution in [0.5, 0.6) is 0 Å². The molecule has 0 saturated carbocycles. The van der Waals surface area contributed by atoms with Crippen LogP contribution in [0, 0.1) is 11.6 Å². The zero-order valence-corrected chi connectivity index (χ0v) is 13.0. The van der Waals surface area contributed by atoms with Gasteiger partial charge in [-0.05, 0) is 22.0 Å². The van der Waals surface area contributed by atoms with Gasteiger partial charge in [-0.2, -0.15) is 5.10 Å². The summed E-state index contributed by atoms with van der Waals surface area (Å²) in [6, 6.07) is 1.59. The maximum absolute atomic E-state index is 13.6. The molecule has 2 aromatic rings. The third-order valence-corrected chi connectivity index (χ3v) is 4.46. The van der Waals surface area contributed by atoms with E-state index >= 15 is 0 Å². The molecule has 0 spiro atoms. The van der Waals surface area contributed by atoms with Gasteiger partial charge in [-0.3, -0.25) is 9.40 Å². The number of nitrogens with zero attached hydrogens (tertiary/aromatic N) is 2. The molecule has 0 amide bonds. The number of nitrogens with one attached hydrogen (secondary N) is 1. The zero-order chi connectivity index (χ0) is 15.6. The van der Waals surface area contributed by atoms with Crippen molar-refractivity contribution in [2.75, 3.05) is 11.3 Å². The van der Waals surface area contributed by atoms with Crippen molar-refractivity contribution in [2.24, 2.45) is 5.73 Å². The predicted octanol–water partition coefficient (Wildman–Crippen LogP) is 1.68. The Morgan fingerprint density at radius 3 is 2.71 bits per heavy atom. The number of benzene rings is 1. The van der Waals surface area contributed by atoms with E-state index in [1.54, 1.807) is 0 Å². The fourth-order valence-electron chi connectivity index (χ4n) is 1.54. The molecule has 0 radical (unpaired) electrons. The minimum Gasteiger partial charge on any atom is -0.329 e. The summed E-state index contributed by atoms with van der Waals surface area (Å²) in [5.74, 6) is -1.69. The van der Waals surface area contributed by atoms with Gasteiger partial charge in [-0.1, -0.05) is 0 Å². The van der Waals surface area contributed by atoms with E-state index in [1.807, 2.05) is 4.72 Å². The molecule has 21 heavy (non-hydrogen) atoms. The van der Waals surface area contributed by atoms with Gasteiger partial charge in [0.2, 0.25) is 0 Å². The molecule has 6 nitrogen and oxygen atoms in total. The van der Waals surface area contributed by atoms with Crippen molar-refractivity contribution in [1.82, 2.24) is 9.78 Å². The van der Waals surface area contributed by atoms with Gasteiger partial charge in [0, 0.05) is 18.8 Å². The molecule has 0 bridgehead atoms. The molecule has 0 saturated heterocycles. The second kappa shape index (κ2) is 6.08. The maximum Gasteiger partial charge on any atom is 0.265 e. The number of hydrogen-bond acceptors (Lipinski definition) is 4. The third kappa shape index (κ3) is 3.57. The van der Waals surface area contributed by atoms with Crippen molar-refractivity contribution >= 4 is 31.6 Å². The Morgan fingerprint density at radius 2 is 2.05 bits per heavy atom. The van der Waals surface area contributed by atoms with Crippen molar-refractivity contribution in [3.8, 4) is 0 Å². The summed E-state index contributed by atoms with van der Waals surface area (Å²) in [4.78, 5) is -0.168. The number of sulfonamides is 1. The fraction of sp³-hybridized carbons (Fsp3) is 0.182. The molecule has 1 aromatic carbocycles. The molecular weight excluding hydrogens is 370 g/mol. The molecule has 1 aromatic heterocycles. The molecule has 0 fully saturated rings. The van der Waals surface area contributed by atoms with E-state index in [-0.39, 0.29) is 9.37 Å².